The Morgan fingerprint density at radius 3 is 1.31 bits per heavy atom. The molecule has 0 atom stereocenters. The first kappa shape index (κ1) is 23.3. The van der Waals surface area contributed by atoms with Crippen molar-refractivity contribution in [2.75, 3.05) is 0 Å². The van der Waals surface area contributed by atoms with Crippen LogP contribution in [0.25, 0.3) is 0 Å². The molecule has 0 aromatic rings. The van der Waals surface area contributed by atoms with Gasteiger partial charge in [0.15, 0.2) is 0 Å². The van der Waals surface area contributed by atoms with Crippen LogP contribution in [0.3, 0.4) is 0 Å². The molecule has 0 spiro atoms. The molecule has 0 heterocycles. The minimum absolute atomic E-state index is 0. The number of primary amides is 1. The van der Waals surface area contributed by atoms with E-state index in [-0.39, 0.29) is 17.1 Å². The predicted octanol–water partition coefficient (Wildman–Crippen LogP) is 3.23. The SMILES string of the molecule is NC(=O)S.[CH2-]CCC.[CH2-]CCC.[Cu+2]. The molecule has 4 heteroatoms. The van der Waals surface area contributed by atoms with Gasteiger partial charge in [-0.2, -0.15) is 12.8 Å². The fraction of sp³-hybridized carbons (Fsp3) is 0.667. The molecule has 0 aliphatic rings. The van der Waals surface area contributed by atoms with Gasteiger partial charge in [0.1, 0.15) is 0 Å². The number of unbranched alkanes of at least 4 members (excludes halogenated alkanes) is 2. The normalized spacial score (nSPS) is 6.54. The second-order valence-electron chi connectivity index (χ2n) is 2.05. The Labute approximate surface area is 98.9 Å². The maximum Gasteiger partial charge on any atom is 2.00 e. The molecule has 0 saturated heterocycles. The van der Waals surface area contributed by atoms with Crippen molar-refractivity contribution >= 4 is 17.9 Å². The van der Waals surface area contributed by atoms with E-state index in [1.54, 1.807) is 0 Å². The van der Waals surface area contributed by atoms with Gasteiger partial charge in [0.2, 0.25) is 0 Å². The Hall–Kier alpha value is 0.339. The van der Waals surface area contributed by atoms with Gasteiger partial charge in [0, 0.05) is 0 Å². The number of carbonyl (C=O) groups is 1. The maximum absolute atomic E-state index is 9.09. The summed E-state index contributed by atoms with van der Waals surface area (Å²) in [6.45, 7) is 11.4. The van der Waals surface area contributed by atoms with Crippen LogP contribution >= 0.6 is 12.6 Å². The minimum Gasteiger partial charge on any atom is -0.361 e. The van der Waals surface area contributed by atoms with Crippen molar-refractivity contribution in [1.82, 2.24) is 0 Å². The molecule has 0 aliphatic carbocycles. The van der Waals surface area contributed by atoms with E-state index in [1.807, 2.05) is 0 Å². The van der Waals surface area contributed by atoms with Crippen molar-refractivity contribution < 1.29 is 21.9 Å². The van der Waals surface area contributed by atoms with Gasteiger partial charge in [-0.15, -0.1) is 0 Å². The van der Waals surface area contributed by atoms with Gasteiger partial charge in [-0.05, 0) is 0 Å². The van der Waals surface area contributed by atoms with E-state index in [0.29, 0.717) is 0 Å². The van der Waals surface area contributed by atoms with E-state index < -0.39 is 5.24 Å². The molecular formula is C9H21CuNOS. The van der Waals surface area contributed by atoms with Crippen LogP contribution in [0, 0.1) is 13.8 Å². The van der Waals surface area contributed by atoms with Gasteiger partial charge in [0.05, 0.1) is 0 Å². The van der Waals surface area contributed by atoms with E-state index in [1.165, 1.54) is 12.8 Å². The van der Waals surface area contributed by atoms with Gasteiger partial charge >= 0.3 is 17.1 Å². The predicted molar refractivity (Wildman–Crippen MR) is 59.1 cm³/mol. The van der Waals surface area contributed by atoms with Crippen LogP contribution < -0.4 is 5.73 Å². The number of amides is 1. The Kier molecular flexibility index (Phi) is 52.8. The van der Waals surface area contributed by atoms with Crippen LogP contribution in [0.2, 0.25) is 0 Å². The molecule has 2 N–H and O–H groups in total. The van der Waals surface area contributed by atoms with Gasteiger partial charge in [-0.1, -0.05) is 39.3 Å². The van der Waals surface area contributed by atoms with E-state index in [9.17, 15) is 0 Å². The van der Waals surface area contributed by atoms with Crippen LogP contribution in [0.4, 0.5) is 4.79 Å². The molecule has 13 heavy (non-hydrogen) atoms. The average Bonchev–Trinajstić information content (AvgIpc) is 2.03. The molecule has 0 saturated carbocycles. The molecule has 0 unspecified atom stereocenters. The van der Waals surface area contributed by atoms with Gasteiger partial charge in [-0.3, -0.25) is 4.79 Å². The van der Waals surface area contributed by atoms with Crippen LogP contribution in [0.5, 0.6) is 0 Å². The zero-order chi connectivity index (χ0) is 10.4. The summed E-state index contributed by atoms with van der Waals surface area (Å²) < 4.78 is 0. The number of carbonyl (C=O) groups excluding carboxylic acids is 1. The van der Waals surface area contributed by atoms with Crippen molar-refractivity contribution in [2.45, 2.75) is 39.5 Å². The zero-order valence-corrected chi connectivity index (χ0v) is 10.3. The number of hydrogen-bond donors (Lipinski definition) is 2. The Morgan fingerprint density at radius 1 is 1.23 bits per heavy atom. The van der Waals surface area contributed by atoms with E-state index in [4.69, 9.17) is 4.79 Å². The Bertz CT molecular complexity index is 70.0. The Balaban J connectivity index is -0.0000000450. The van der Waals surface area contributed by atoms with Crippen molar-refractivity contribution in [2.24, 2.45) is 5.73 Å². The monoisotopic (exact) mass is 254 g/mol. The van der Waals surface area contributed by atoms with E-state index in [0.717, 1.165) is 12.8 Å². The van der Waals surface area contributed by atoms with E-state index >= 15 is 0 Å². The van der Waals surface area contributed by atoms with Crippen LogP contribution in [-0.2, 0) is 17.1 Å². The fourth-order valence-corrected chi connectivity index (χ4v) is 0. The van der Waals surface area contributed by atoms with Crippen LogP contribution in [-0.4, -0.2) is 5.24 Å². The first-order valence-corrected chi connectivity index (χ1v) is 4.58. The van der Waals surface area contributed by atoms with Crippen molar-refractivity contribution in [3.63, 3.8) is 0 Å². The smallest absolute Gasteiger partial charge is 0.361 e. The summed E-state index contributed by atoms with van der Waals surface area (Å²) in [5.41, 5.74) is 4.34. The average molecular weight is 255 g/mol. The van der Waals surface area contributed by atoms with Gasteiger partial charge < -0.3 is 19.6 Å². The summed E-state index contributed by atoms with van der Waals surface area (Å²) in [7, 11) is 0. The molecule has 0 aromatic heterocycles. The largest absolute Gasteiger partial charge is 2.00 e. The molecule has 2 nitrogen and oxygen atoms in total. The molecule has 0 aliphatic heterocycles. The van der Waals surface area contributed by atoms with Crippen molar-refractivity contribution in [3.05, 3.63) is 13.8 Å². The molecule has 0 rings (SSSR count). The topological polar surface area (TPSA) is 43.1 Å². The van der Waals surface area contributed by atoms with Gasteiger partial charge in [-0.25, -0.2) is 0 Å². The quantitative estimate of drug-likeness (QED) is 0.444. The van der Waals surface area contributed by atoms with Crippen molar-refractivity contribution in [3.8, 4) is 0 Å². The van der Waals surface area contributed by atoms with Crippen LogP contribution in [0.1, 0.15) is 39.5 Å². The maximum atomic E-state index is 9.09. The molecule has 1 amide bonds. The third-order valence-corrected chi connectivity index (χ3v) is 0.707. The summed E-state index contributed by atoms with van der Waals surface area (Å²) in [5, 5.41) is -0.639. The van der Waals surface area contributed by atoms with Crippen molar-refractivity contribution in [1.29, 1.82) is 0 Å². The molecule has 1 radical (unpaired) electrons. The fourth-order valence-electron chi connectivity index (χ4n) is 0. The standard InChI is InChI=1S/2C4H9.CH3NOS.Cu/c2*1-3-4-2;2-1(3)4;/h2*1,3-4H2,2H3;(H3,2,3,4);/q2*-1;;+2. The summed E-state index contributed by atoms with van der Waals surface area (Å²) in [5.74, 6) is 0. The molecule has 0 fully saturated rings. The molecular weight excluding hydrogens is 234 g/mol. The summed E-state index contributed by atoms with van der Waals surface area (Å²) >= 11 is 3.10. The molecule has 0 bridgehead atoms. The number of hydrogen-bond acceptors (Lipinski definition) is 1. The summed E-state index contributed by atoms with van der Waals surface area (Å²) in [6, 6.07) is 0. The van der Waals surface area contributed by atoms with E-state index in [2.05, 4.69) is 46.1 Å². The number of nitrogens with two attached hydrogens (primary N) is 1. The minimum atomic E-state index is -0.639. The van der Waals surface area contributed by atoms with Crippen LogP contribution in [0.15, 0.2) is 0 Å². The second-order valence-corrected chi connectivity index (χ2v) is 2.49. The molecule has 85 valence electrons. The third kappa shape index (κ3) is 241. The number of rotatable bonds is 2. The summed E-state index contributed by atoms with van der Waals surface area (Å²) in [6.07, 6.45) is 4.56. The first-order chi connectivity index (χ1) is 5.56. The third-order valence-electron chi connectivity index (χ3n) is 0.707. The molecule has 0 aromatic carbocycles. The second kappa shape index (κ2) is 29.5. The number of thiol groups is 1. The Morgan fingerprint density at radius 2 is 1.31 bits per heavy atom. The van der Waals surface area contributed by atoms with Gasteiger partial charge in [0.25, 0.3) is 5.24 Å². The summed E-state index contributed by atoms with van der Waals surface area (Å²) in [4.78, 5) is 9.09. The first-order valence-electron chi connectivity index (χ1n) is 4.13. The zero-order valence-electron chi connectivity index (χ0n) is 8.48.